The molecule has 4 nitrogen and oxygen atoms in total. The van der Waals surface area contributed by atoms with Crippen LogP contribution in [0.2, 0.25) is 0 Å². The van der Waals surface area contributed by atoms with Gasteiger partial charge in [0.05, 0.1) is 13.2 Å². The van der Waals surface area contributed by atoms with Gasteiger partial charge in [-0.2, -0.15) is 0 Å². The van der Waals surface area contributed by atoms with Gasteiger partial charge in [0, 0.05) is 30.1 Å². The smallest absolute Gasteiger partial charge is 0.157 e. The summed E-state index contributed by atoms with van der Waals surface area (Å²) in [7, 11) is 0. The third-order valence-electron chi connectivity index (χ3n) is 6.14. The highest BCUT2D eigenvalue weighted by atomic mass is 16.5. The third kappa shape index (κ3) is 3.50. The van der Waals surface area contributed by atoms with Gasteiger partial charge in [0.25, 0.3) is 0 Å². The molecular weight excluding hydrogens is 312 g/mol. The molecule has 2 aliphatic heterocycles. The molecule has 3 aliphatic rings. The highest BCUT2D eigenvalue weighted by Gasteiger charge is 2.42. The van der Waals surface area contributed by atoms with Gasteiger partial charge in [-0.3, -0.25) is 9.79 Å². The molecule has 1 saturated carbocycles. The maximum atomic E-state index is 11.8. The first-order valence-electron chi connectivity index (χ1n) is 9.77. The molecule has 3 atom stereocenters. The molecule has 25 heavy (non-hydrogen) atoms. The van der Waals surface area contributed by atoms with Gasteiger partial charge in [-0.25, -0.2) is 0 Å². The molecule has 1 aliphatic carbocycles. The zero-order valence-corrected chi connectivity index (χ0v) is 15.1. The number of nitrogens with zero attached hydrogens (tertiary/aromatic N) is 2. The lowest BCUT2D eigenvalue weighted by Crippen LogP contribution is -2.43. The number of aliphatic imine (C=N–C) groups is 1. The predicted molar refractivity (Wildman–Crippen MR) is 99.4 cm³/mol. The fourth-order valence-corrected chi connectivity index (χ4v) is 4.42. The van der Waals surface area contributed by atoms with Crippen molar-refractivity contribution < 1.29 is 9.53 Å². The van der Waals surface area contributed by atoms with Gasteiger partial charge in [-0.15, -0.1) is 0 Å². The van der Waals surface area contributed by atoms with Crippen LogP contribution in [0.25, 0.3) is 0 Å². The number of likely N-dealkylation sites (tertiary alicyclic amines) is 1. The zero-order chi connectivity index (χ0) is 17.2. The van der Waals surface area contributed by atoms with E-state index in [0.717, 1.165) is 55.5 Å². The second-order valence-corrected chi connectivity index (χ2v) is 7.71. The van der Waals surface area contributed by atoms with Crippen LogP contribution >= 0.6 is 0 Å². The van der Waals surface area contributed by atoms with Gasteiger partial charge in [-0.1, -0.05) is 0 Å². The first-order chi connectivity index (χ1) is 12.2. The Kier molecular flexibility index (Phi) is 4.89. The Morgan fingerprint density at radius 3 is 2.64 bits per heavy atom. The standard InChI is InChI=1S/C21H28N2O2/c1-15-4-2-11-23(15)12-3-13-25-17-7-5-16(6-8-17)21-19-10-9-18(19)20(24)14-22-21/h5-8,15,18-19H,2-4,9-14H2,1H3/t15-,18?,19?/m1/s1. The number of ether oxygens (including phenoxy) is 1. The van der Waals surface area contributed by atoms with Crippen molar-refractivity contribution in [3.63, 3.8) is 0 Å². The molecule has 4 rings (SSSR count). The van der Waals surface area contributed by atoms with Crippen LogP contribution in [0.15, 0.2) is 29.3 Å². The number of carbonyl (C=O) groups excluding carboxylic acids is 1. The molecule has 0 radical (unpaired) electrons. The van der Waals surface area contributed by atoms with Crippen LogP contribution in [0.1, 0.15) is 44.6 Å². The molecular formula is C21H28N2O2. The molecule has 0 amide bonds. The number of hydrogen-bond acceptors (Lipinski definition) is 4. The number of benzene rings is 1. The topological polar surface area (TPSA) is 41.9 Å². The van der Waals surface area contributed by atoms with Crippen LogP contribution in [-0.4, -0.2) is 48.7 Å². The van der Waals surface area contributed by atoms with Gasteiger partial charge < -0.3 is 9.64 Å². The molecule has 0 bridgehead atoms. The van der Waals surface area contributed by atoms with Crippen molar-refractivity contribution in [2.75, 3.05) is 26.2 Å². The van der Waals surface area contributed by atoms with E-state index in [-0.39, 0.29) is 5.92 Å². The molecule has 0 aromatic heterocycles. The minimum atomic E-state index is 0.233. The molecule has 2 fully saturated rings. The number of rotatable bonds is 6. The molecule has 4 heteroatoms. The Bertz CT molecular complexity index is 652. The van der Waals surface area contributed by atoms with E-state index < -0.39 is 0 Å². The van der Waals surface area contributed by atoms with Crippen molar-refractivity contribution in [3.05, 3.63) is 29.8 Å². The zero-order valence-electron chi connectivity index (χ0n) is 15.1. The number of hydrogen-bond donors (Lipinski definition) is 0. The van der Waals surface area contributed by atoms with Crippen LogP contribution in [0.4, 0.5) is 0 Å². The van der Waals surface area contributed by atoms with Crippen LogP contribution in [-0.2, 0) is 4.79 Å². The van der Waals surface area contributed by atoms with Crippen LogP contribution in [0.5, 0.6) is 5.75 Å². The van der Waals surface area contributed by atoms with Crippen molar-refractivity contribution in [1.29, 1.82) is 0 Å². The average Bonchev–Trinajstić information content (AvgIpc) is 2.99. The molecule has 1 aromatic carbocycles. The first kappa shape index (κ1) is 16.8. The van der Waals surface area contributed by atoms with Gasteiger partial charge >= 0.3 is 0 Å². The van der Waals surface area contributed by atoms with Crippen molar-refractivity contribution in [2.24, 2.45) is 16.8 Å². The Morgan fingerprint density at radius 1 is 1.16 bits per heavy atom. The predicted octanol–water partition coefficient (Wildman–Crippen LogP) is 3.34. The van der Waals surface area contributed by atoms with E-state index in [2.05, 4.69) is 28.9 Å². The highest BCUT2D eigenvalue weighted by Crippen LogP contribution is 2.40. The summed E-state index contributed by atoms with van der Waals surface area (Å²) in [6.07, 6.45) is 5.88. The first-order valence-corrected chi connectivity index (χ1v) is 9.77. The lowest BCUT2D eigenvalue weighted by Gasteiger charge is -2.39. The normalized spacial score (nSPS) is 29.1. The molecule has 2 unspecified atom stereocenters. The summed E-state index contributed by atoms with van der Waals surface area (Å²) in [5, 5.41) is 0. The summed E-state index contributed by atoms with van der Waals surface area (Å²) >= 11 is 0. The summed E-state index contributed by atoms with van der Waals surface area (Å²) in [5.74, 6) is 1.84. The van der Waals surface area contributed by atoms with Crippen LogP contribution < -0.4 is 4.74 Å². The maximum Gasteiger partial charge on any atom is 0.157 e. The SMILES string of the molecule is C[C@@H]1CCCN1CCCOc1ccc(C2=NCC(=O)C3CCC23)cc1. The summed E-state index contributed by atoms with van der Waals surface area (Å²) in [4.78, 5) is 18.9. The van der Waals surface area contributed by atoms with E-state index in [1.54, 1.807) is 0 Å². The average molecular weight is 340 g/mol. The minimum Gasteiger partial charge on any atom is -0.494 e. The van der Waals surface area contributed by atoms with Crippen LogP contribution in [0, 0.1) is 11.8 Å². The number of Topliss-reactive ketones (excluding diaryl/α,β-unsaturated/α-hetero) is 1. The Morgan fingerprint density at radius 2 is 1.96 bits per heavy atom. The second kappa shape index (κ2) is 7.28. The number of carbonyl (C=O) groups is 1. The monoisotopic (exact) mass is 340 g/mol. The van der Waals surface area contributed by atoms with Crippen molar-refractivity contribution in [2.45, 2.75) is 45.1 Å². The van der Waals surface area contributed by atoms with E-state index in [0.29, 0.717) is 18.2 Å². The highest BCUT2D eigenvalue weighted by molar-refractivity contribution is 6.08. The quantitative estimate of drug-likeness (QED) is 0.746. The van der Waals surface area contributed by atoms with Crippen LogP contribution in [0.3, 0.4) is 0 Å². The summed E-state index contributed by atoms with van der Waals surface area (Å²) < 4.78 is 5.90. The number of ketones is 1. The maximum absolute atomic E-state index is 11.8. The van der Waals surface area contributed by atoms with E-state index in [1.807, 2.05) is 12.1 Å². The summed E-state index contributed by atoms with van der Waals surface area (Å²) in [5.41, 5.74) is 2.28. The lowest BCUT2D eigenvalue weighted by atomic mass is 9.66. The van der Waals surface area contributed by atoms with Gasteiger partial charge in [0.2, 0.25) is 0 Å². The molecule has 1 aromatic rings. The van der Waals surface area contributed by atoms with Crippen molar-refractivity contribution >= 4 is 11.5 Å². The van der Waals surface area contributed by atoms with E-state index in [9.17, 15) is 4.79 Å². The Labute approximate surface area is 150 Å². The third-order valence-corrected chi connectivity index (χ3v) is 6.14. The Balaban J connectivity index is 1.28. The van der Waals surface area contributed by atoms with E-state index in [4.69, 9.17) is 4.74 Å². The molecule has 2 heterocycles. The number of fused-ring (bicyclic) bond motifs is 1. The largest absolute Gasteiger partial charge is 0.494 e. The lowest BCUT2D eigenvalue weighted by molar-refractivity contribution is -0.125. The molecule has 0 spiro atoms. The summed E-state index contributed by atoms with van der Waals surface area (Å²) in [6, 6.07) is 9.02. The minimum absolute atomic E-state index is 0.233. The van der Waals surface area contributed by atoms with Gasteiger partial charge in [-0.05, 0) is 75.4 Å². The van der Waals surface area contributed by atoms with Gasteiger partial charge in [0.1, 0.15) is 5.75 Å². The molecule has 0 N–H and O–H groups in total. The molecule has 134 valence electrons. The fourth-order valence-electron chi connectivity index (χ4n) is 4.42. The summed E-state index contributed by atoms with van der Waals surface area (Å²) in [6.45, 7) is 5.82. The fraction of sp³-hybridized carbons (Fsp3) is 0.619. The van der Waals surface area contributed by atoms with Crippen molar-refractivity contribution in [3.8, 4) is 5.75 Å². The van der Waals surface area contributed by atoms with Crippen molar-refractivity contribution in [1.82, 2.24) is 4.90 Å². The second-order valence-electron chi connectivity index (χ2n) is 7.71. The van der Waals surface area contributed by atoms with Gasteiger partial charge in [0.15, 0.2) is 5.78 Å². The van der Waals surface area contributed by atoms with E-state index in [1.165, 1.54) is 19.4 Å². The molecule has 1 saturated heterocycles. The Hall–Kier alpha value is -1.68. The van der Waals surface area contributed by atoms with E-state index >= 15 is 0 Å².